The van der Waals surface area contributed by atoms with Crippen LogP contribution in [0.2, 0.25) is 0 Å². The quantitative estimate of drug-likeness (QED) is 0.758. The topological polar surface area (TPSA) is 55.8 Å². The van der Waals surface area contributed by atoms with E-state index >= 15 is 0 Å². The molecule has 0 aromatic rings. The number of imide groups is 1. The van der Waals surface area contributed by atoms with E-state index < -0.39 is 11.7 Å². The van der Waals surface area contributed by atoms with Crippen molar-refractivity contribution >= 4 is 12.0 Å². The van der Waals surface area contributed by atoms with Crippen LogP contribution in [-0.4, -0.2) is 41.8 Å². The number of carbonyl (C=O) groups excluding carboxylic acids is 2. The summed E-state index contributed by atoms with van der Waals surface area (Å²) in [6.45, 7) is 9.68. The molecule has 0 N–H and O–H groups in total. The highest BCUT2D eigenvalue weighted by Crippen LogP contribution is 2.20. The molecule has 1 aliphatic rings. The van der Waals surface area contributed by atoms with Crippen LogP contribution in [0.5, 0.6) is 0 Å². The highest BCUT2D eigenvalue weighted by Gasteiger charge is 2.39. The van der Waals surface area contributed by atoms with Crippen LogP contribution in [0, 0.1) is 5.92 Å². The van der Waals surface area contributed by atoms with Crippen LogP contribution in [-0.2, 0) is 14.3 Å². The van der Waals surface area contributed by atoms with Gasteiger partial charge in [0.1, 0.15) is 13.2 Å². The molecule has 0 bridgehead atoms. The number of nitrogens with zero attached hydrogens (tertiary/aromatic N) is 1. The number of hydrogen-bond donors (Lipinski definition) is 0. The molecular weight excluding hydrogens is 222 g/mol. The van der Waals surface area contributed by atoms with Gasteiger partial charge in [-0.1, -0.05) is 13.8 Å². The first-order valence-electron chi connectivity index (χ1n) is 5.85. The van der Waals surface area contributed by atoms with Crippen LogP contribution in [0.15, 0.2) is 0 Å². The normalized spacial score (nSPS) is 20.9. The number of ether oxygens (including phenoxy) is 2. The molecule has 1 fully saturated rings. The third-order valence-corrected chi connectivity index (χ3v) is 2.57. The van der Waals surface area contributed by atoms with Crippen LogP contribution in [0.3, 0.4) is 0 Å². The van der Waals surface area contributed by atoms with Crippen molar-refractivity contribution in [1.82, 2.24) is 4.90 Å². The summed E-state index contributed by atoms with van der Waals surface area (Å²) in [6, 6.07) is -0.182. The zero-order chi connectivity index (χ0) is 13.2. The summed E-state index contributed by atoms with van der Waals surface area (Å²) in [5, 5.41) is 0. The molecule has 17 heavy (non-hydrogen) atoms. The van der Waals surface area contributed by atoms with Gasteiger partial charge < -0.3 is 9.47 Å². The molecule has 1 aliphatic heterocycles. The number of hydrogen-bond acceptors (Lipinski definition) is 4. The van der Waals surface area contributed by atoms with E-state index in [9.17, 15) is 9.59 Å². The standard InChI is InChI=1S/C12H21NO4/c1-8(2)9-6-16-11(15)13(9)10(14)7-17-12(3,4)5/h8-9H,6-7H2,1-5H3/t9-/m1/s1. The van der Waals surface area contributed by atoms with Gasteiger partial charge in [-0.2, -0.15) is 0 Å². The molecule has 0 aromatic carbocycles. The second-order valence-electron chi connectivity index (χ2n) is 5.55. The van der Waals surface area contributed by atoms with Gasteiger partial charge in [0.25, 0.3) is 5.91 Å². The number of cyclic esters (lactones) is 1. The summed E-state index contributed by atoms with van der Waals surface area (Å²) in [5.41, 5.74) is -0.396. The maximum absolute atomic E-state index is 11.9. The molecule has 0 unspecified atom stereocenters. The van der Waals surface area contributed by atoms with E-state index in [1.165, 1.54) is 4.90 Å². The first kappa shape index (κ1) is 14.0. The molecule has 0 spiro atoms. The summed E-state index contributed by atoms with van der Waals surface area (Å²) in [5.74, 6) is -0.152. The van der Waals surface area contributed by atoms with E-state index in [-0.39, 0.29) is 31.1 Å². The van der Waals surface area contributed by atoms with Crippen LogP contribution in [0.1, 0.15) is 34.6 Å². The highest BCUT2D eigenvalue weighted by atomic mass is 16.6. The van der Waals surface area contributed by atoms with Gasteiger partial charge in [0.2, 0.25) is 0 Å². The lowest BCUT2D eigenvalue weighted by atomic mass is 10.0. The Morgan fingerprint density at radius 3 is 2.59 bits per heavy atom. The second kappa shape index (κ2) is 5.04. The maximum atomic E-state index is 11.9. The van der Waals surface area contributed by atoms with Crippen molar-refractivity contribution < 1.29 is 19.1 Å². The lowest BCUT2D eigenvalue weighted by Gasteiger charge is -2.25. The van der Waals surface area contributed by atoms with Crippen molar-refractivity contribution in [2.24, 2.45) is 5.92 Å². The predicted molar refractivity (Wildman–Crippen MR) is 62.5 cm³/mol. The SMILES string of the molecule is CC(C)[C@H]1COC(=O)N1C(=O)COC(C)(C)C. The van der Waals surface area contributed by atoms with E-state index in [1.54, 1.807) is 0 Å². The molecule has 0 radical (unpaired) electrons. The molecule has 1 rings (SSSR count). The highest BCUT2D eigenvalue weighted by molar-refractivity contribution is 5.94. The Morgan fingerprint density at radius 2 is 2.12 bits per heavy atom. The Bertz CT molecular complexity index is 306. The Kier molecular flexibility index (Phi) is 4.14. The van der Waals surface area contributed by atoms with Gasteiger partial charge in [0.15, 0.2) is 0 Å². The van der Waals surface area contributed by atoms with Crippen molar-refractivity contribution in [3.8, 4) is 0 Å². The van der Waals surface area contributed by atoms with E-state index in [1.807, 2.05) is 34.6 Å². The minimum absolute atomic E-state index is 0.0954. The number of amides is 2. The molecule has 5 nitrogen and oxygen atoms in total. The van der Waals surface area contributed by atoms with Gasteiger partial charge >= 0.3 is 6.09 Å². The second-order valence-corrected chi connectivity index (χ2v) is 5.55. The van der Waals surface area contributed by atoms with Gasteiger partial charge in [-0.05, 0) is 26.7 Å². The summed E-state index contributed by atoms with van der Waals surface area (Å²) in [4.78, 5) is 24.6. The van der Waals surface area contributed by atoms with Gasteiger partial charge in [0.05, 0.1) is 11.6 Å². The zero-order valence-electron chi connectivity index (χ0n) is 11.1. The third kappa shape index (κ3) is 3.70. The zero-order valence-corrected chi connectivity index (χ0v) is 11.1. The molecule has 1 atom stereocenters. The number of rotatable bonds is 3. The van der Waals surface area contributed by atoms with Gasteiger partial charge in [-0.25, -0.2) is 9.69 Å². The van der Waals surface area contributed by atoms with Crippen LogP contribution in [0.25, 0.3) is 0 Å². The first-order valence-corrected chi connectivity index (χ1v) is 5.85. The van der Waals surface area contributed by atoms with E-state index in [2.05, 4.69) is 0 Å². The predicted octanol–water partition coefficient (Wildman–Crippen LogP) is 1.80. The first-order chi connectivity index (χ1) is 7.72. The Labute approximate surface area is 102 Å². The molecular formula is C12H21NO4. The minimum Gasteiger partial charge on any atom is -0.447 e. The fourth-order valence-corrected chi connectivity index (χ4v) is 1.56. The van der Waals surface area contributed by atoms with Crippen LogP contribution in [0.4, 0.5) is 4.79 Å². The average molecular weight is 243 g/mol. The molecule has 1 heterocycles. The third-order valence-electron chi connectivity index (χ3n) is 2.57. The molecule has 1 saturated heterocycles. The molecule has 0 aliphatic carbocycles. The van der Waals surface area contributed by atoms with Crippen molar-refractivity contribution in [1.29, 1.82) is 0 Å². The van der Waals surface area contributed by atoms with Crippen LogP contribution < -0.4 is 0 Å². The van der Waals surface area contributed by atoms with Crippen molar-refractivity contribution in [3.63, 3.8) is 0 Å². The van der Waals surface area contributed by atoms with Crippen molar-refractivity contribution in [2.75, 3.05) is 13.2 Å². The molecule has 2 amide bonds. The Balaban J connectivity index is 2.63. The fraction of sp³-hybridized carbons (Fsp3) is 0.833. The summed E-state index contributed by atoms with van der Waals surface area (Å²) < 4.78 is 10.3. The maximum Gasteiger partial charge on any atom is 0.417 e. The summed E-state index contributed by atoms with van der Waals surface area (Å²) in [6.07, 6.45) is -0.564. The largest absolute Gasteiger partial charge is 0.447 e. The van der Waals surface area contributed by atoms with E-state index in [0.717, 1.165) is 0 Å². The van der Waals surface area contributed by atoms with Crippen LogP contribution >= 0.6 is 0 Å². The van der Waals surface area contributed by atoms with E-state index in [0.29, 0.717) is 0 Å². The summed E-state index contributed by atoms with van der Waals surface area (Å²) >= 11 is 0. The molecule has 0 aromatic heterocycles. The van der Waals surface area contributed by atoms with Gasteiger partial charge in [0, 0.05) is 0 Å². The fourth-order valence-electron chi connectivity index (χ4n) is 1.56. The minimum atomic E-state index is -0.564. The average Bonchev–Trinajstić information content (AvgIpc) is 2.55. The van der Waals surface area contributed by atoms with E-state index in [4.69, 9.17) is 9.47 Å². The van der Waals surface area contributed by atoms with Crippen molar-refractivity contribution in [3.05, 3.63) is 0 Å². The van der Waals surface area contributed by atoms with Crippen molar-refractivity contribution in [2.45, 2.75) is 46.3 Å². The lowest BCUT2D eigenvalue weighted by molar-refractivity contribution is -0.139. The van der Waals surface area contributed by atoms with Gasteiger partial charge in [-0.15, -0.1) is 0 Å². The molecule has 0 saturated carbocycles. The number of carbonyl (C=O) groups is 2. The Hall–Kier alpha value is -1.10. The van der Waals surface area contributed by atoms with Gasteiger partial charge in [-0.3, -0.25) is 4.79 Å². The monoisotopic (exact) mass is 243 g/mol. The lowest BCUT2D eigenvalue weighted by Crippen LogP contribution is -2.44. The smallest absolute Gasteiger partial charge is 0.417 e. The molecule has 5 heteroatoms. The Morgan fingerprint density at radius 1 is 1.53 bits per heavy atom. The summed E-state index contributed by atoms with van der Waals surface area (Å²) in [7, 11) is 0. The molecule has 98 valence electrons.